The van der Waals surface area contributed by atoms with Gasteiger partial charge in [-0.2, -0.15) is 0 Å². The van der Waals surface area contributed by atoms with Crippen molar-refractivity contribution < 1.29 is 23.8 Å². The van der Waals surface area contributed by atoms with Crippen molar-refractivity contribution in [3.05, 3.63) is 42.0 Å². The van der Waals surface area contributed by atoms with Crippen molar-refractivity contribution in [3.8, 4) is 23.0 Å². The number of nitrogens with zero attached hydrogens (tertiary/aromatic N) is 1. The van der Waals surface area contributed by atoms with E-state index in [0.717, 1.165) is 38.5 Å². The highest BCUT2D eigenvalue weighted by molar-refractivity contribution is 5.53. The maximum atomic E-state index is 5.47. The Hall–Kier alpha value is -2.60. The zero-order valence-corrected chi connectivity index (χ0v) is 16.6. The van der Waals surface area contributed by atoms with Gasteiger partial charge < -0.3 is 28.7 Å². The van der Waals surface area contributed by atoms with Gasteiger partial charge in [0.05, 0.1) is 54.6 Å². The first kappa shape index (κ1) is 19.2. The maximum Gasteiger partial charge on any atom is 0.203 e. The number of benzene rings is 2. The van der Waals surface area contributed by atoms with Crippen molar-refractivity contribution in [1.82, 2.24) is 0 Å². The molecule has 1 heterocycles. The van der Waals surface area contributed by atoms with Crippen LogP contribution in [0, 0.1) is 0 Å². The molecular formula is C21H29N2O4+. The van der Waals surface area contributed by atoms with Gasteiger partial charge in [0.15, 0.2) is 11.5 Å². The molecule has 2 aromatic carbocycles. The van der Waals surface area contributed by atoms with Crippen LogP contribution in [0.2, 0.25) is 0 Å². The van der Waals surface area contributed by atoms with E-state index in [2.05, 4.69) is 17.0 Å². The summed E-state index contributed by atoms with van der Waals surface area (Å²) in [7, 11) is 6.63. The molecule has 1 fully saturated rings. The highest BCUT2D eigenvalue weighted by atomic mass is 16.5. The summed E-state index contributed by atoms with van der Waals surface area (Å²) >= 11 is 0. The van der Waals surface area contributed by atoms with Gasteiger partial charge in [0.25, 0.3) is 0 Å². The average molecular weight is 373 g/mol. The Kier molecular flexibility index (Phi) is 6.29. The average Bonchev–Trinajstić information content (AvgIpc) is 2.73. The number of quaternary nitrogens is 1. The molecule has 1 aliphatic rings. The van der Waals surface area contributed by atoms with Gasteiger partial charge in [-0.1, -0.05) is 0 Å². The van der Waals surface area contributed by atoms with Crippen LogP contribution in [0.5, 0.6) is 23.0 Å². The summed E-state index contributed by atoms with van der Waals surface area (Å²) in [6, 6.07) is 12.4. The molecule has 0 aromatic heterocycles. The Labute approximate surface area is 161 Å². The van der Waals surface area contributed by atoms with E-state index in [-0.39, 0.29) is 0 Å². The number of hydrogen-bond acceptors (Lipinski definition) is 5. The van der Waals surface area contributed by atoms with E-state index in [0.29, 0.717) is 17.2 Å². The molecular weight excluding hydrogens is 344 g/mol. The molecule has 1 N–H and O–H groups in total. The minimum Gasteiger partial charge on any atom is -0.497 e. The van der Waals surface area contributed by atoms with Crippen LogP contribution in [0.25, 0.3) is 0 Å². The molecule has 0 saturated carbocycles. The van der Waals surface area contributed by atoms with Crippen molar-refractivity contribution >= 4 is 5.69 Å². The van der Waals surface area contributed by atoms with Crippen LogP contribution < -0.4 is 28.7 Å². The number of hydrogen-bond donors (Lipinski definition) is 1. The standard InChI is InChI=1S/C21H28N2O4/c1-24-18-7-5-17(6-8-18)23-11-9-22(10-12-23)15-16-13-19(25-2)21(27-4)20(14-16)26-3/h5-8,13-14H,9-12,15H2,1-4H3/p+1. The predicted molar refractivity (Wildman–Crippen MR) is 106 cm³/mol. The number of rotatable bonds is 7. The van der Waals surface area contributed by atoms with E-state index in [4.69, 9.17) is 18.9 Å². The van der Waals surface area contributed by atoms with Gasteiger partial charge in [0, 0.05) is 11.3 Å². The van der Waals surface area contributed by atoms with Crippen molar-refractivity contribution in [2.24, 2.45) is 0 Å². The lowest BCUT2D eigenvalue weighted by Crippen LogP contribution is -3.13. The molecule has 6 nitrogen and oxygen atoms in total. The lowest BCUT2D eigenvalue weighted by atomic mass is 10.1. The van der Waals surface area contributed by atoms with E-state index < -0.39 is 0 Å². The monoisotopic (exact) mass is 373 g/mol. The summed E-state index contributed by atoms with van der Waals surface area (Å²) < 4.78 is 21.6. The van der Waals surface area contributed by atoms with E-state index >= 15 is 0 Å². The fraction of sp³-hybridized carbons (Fsp3) is 0.429. The first-order valence-corrected chi connectivity index (χ1v) is 9.20. The lowest BCUT2D eigenvalue weighted by Gasteiger charge is -2.33. The van der Waals surface area contributed by atoms with Crippen LogP contribution in [-0.4, -0.2) is 54.6 Å². The third-order valence-corrected chi connectivity index (χ3v) is 5.09. The summed E-state index contributed by atoms with van der Waals surface area (Å²) in [5.74, 6) is 2.96. The third-order valence-electron chi connectivity index (χ3n) is 5.09. The summed E-state index contributed by atoms with van der Waals surface area (Å²) in [5.41, 5.74) is 2.44. The topological polar surface area (TPSA) is 44.6 Å². The smallest absolute Gasteiger partial charge is 0.203 e. The van der Waals surface area contributed by atoms with Gasteiger partial charge in [0.2, 0.25) is 5.75 Å². The fourth-order valence-electron chi connectivity index (χ4n) is 3.58. The molecule has 3 rings (SSSR count). The summed E-state index contributed by atoms with van der Waals surface area (Å²) in [6.07, 6.45) is 0. The number of anilines is 1. The van der Waals surface area contributed by atoms with Gasteiger partial charge in [0.1, 0.15) is 12.3 Å². The molecule has 0 spiro atoms. The highest BCUT2D eigenvalue weighted by Crippen LogP contribution is 2.38. The van der Waals surface area contributed by atoms with Crippen LogP contribution in [0.3, 0.4) is 0 Å². The van der Waals surface area contributed by atoms with E-state index in [9.17, 15) is 0 Å². The van der Waals surface area contributed by atoms with Gasteiger partial charge in [-0.05, 0) is 36.4 Å². The highest BCUT2D eigenvalue weighted by Gasteiger charge is 2.22. The number of methoxy groups -OCH3 is 4. The van der Waals surface area contributed by atoms with Gasteiger partial charge >= 0.3 is 0 Å². The molecule has 146 valence electrons. The molecule has 0 amide bonds. The van der Waals surface area contributed by atoms with E-state index in [1.54, 1.807) is 33.3 Å². The van der Waals surface area contributed by atoms with Crippen LogP contribution >= 0.6 is 0 Å². The van der Waals surface area contributed by atoms with Gasteiger partial charge in [-0.25, -0.2) is 0 Å². The van der Waals surface area contributed by atoms with Gasteiger partial charge in [-0.15, -0.1) is 0 Å². The van der Waals surface area contributed by atoms with Crippen LogP contribution in [0.4, 0.5) is 5.69 Å². The zero-order chi connectivity index (χ0) is 19.2. The summed E-state index contributed by atoms with van der Waals surface area (Å²) in [5, 5.41) is 0. The van der Waals surface area contributed by atoms with Crippen molar-refractivity contribution in [3.63, 3.8) is 0 Å². The summed E-state index contributed by atoms with van der Waals surface area (Å²) in [6.45, 7) is 5.18. The Morgan fingerprint density at radius 1 is 0.815 bits per heavy atom. The Balaban J connectivity index is 1.63. The lowest BCUT2D eigenvalue weighted by molar-refractivity contribution is -0.914. The minimum absolute atomic E-state index is 0.642. The quantitative estimate of drug-likeness (QED) is 0.799. The Morgan fingerprint density at radius 2 is 1.41 bits per heavy atom. The SMILES string of the molecule is COc1ccc(N2CC[NH+](Cc3cc(OC)c(OC)c(OC)c3)CC2)cc1. The molecule has 1 saturated heterocycles. The molecule has 1 aliphatic heterocycles. The van der Waals surface area contributed by atoms with Crippen LogP contribution in [-0.2, 0) is 6.54 Å². The molecule has 2 aromatic rings. The number of piperazine rings is 1. The molecule has 0 unspecified atom stereocenters. The number of nitrogens with one attached hydrogen (secondary N) is 1. The minimum atomic E-state index is 0.642. The zero-order valence-electron chi connectivity index (χ0n) is 16.6. The van der Waals surface area contributed by atoms with Crippen molar-refractivity contribution in [2.75, 3.05) is 59.5 Å². The first-order chi connectivity index (χ1) is 13.2. The fourth-order valence-corrected chi connectivity index (χ4v) is 3.58. The maximum absolute atomic E-state index is 5.47. The van der Waals surface area contributed by atoms with E-state index in [1.807, 2.05) is 24.3 Å². The molecule has 0 bridgehead atoms. The van der Waals surface area contributed by atoms with E-state index in [1.165, 1.54) is 11.3 Å². The molecule has 6 heteroatoms. The van der Waals surface area contributed by atoms with Crippen LogP contribution in [0.1, 0.15) is 5.56 Å². The molecule has 0 aliphatic carbocycles. The van der Waals surface area contributed by atoms with Crippen molar-refractivity contribution in [2.45, 2.75) is 6.54 Å². The molecule has 0 atom stereocenters. The second-order valence-electron chi connectivity index (χ2n) is 6.65. The predicted octanol–water partition coefficient (Wildman–Crippen LogP) is 1.63. The normalized spacial score (nSPS) is 14.7. The van der Waals surface area contributed by atoms with Gasteiger partial charge in [-0.3, -0.25) is 0 Å². The van der Waals surface area contributed by atoms with Crippen LogP contribution in [0.15, 0.2) is 36.4 Å². The molecule has 27 heavy (non-hydrogen) atoms. The third kappa shape index (κ3) is 4.39. The second kappa shape index (κ2) is 8.86. The Bertz CT molecular complexity index is 715. The Morgan fingerprint density at radius 3 is 1.89 bits per heavy atom. The van der Waals surface area contributed by atoms with Crippen molar-refractivity contribution in [1.29, 1.82) is 0 Å². The second-order valence-corrected chi connectivity index (χ2v) is 6.65. The largest absolute Gasteiger partial charge is 0.497 e. The molecule has 0 radical (unpaired) electrons. The summed E-state index contributed by atoms with van der Waals surface area (Å²) in [4.78, 5) is 3.98. The number of ether oxygens (including phenoxy) is 4. The first-order valence-electron chi connectivity index (χ1n) is 9.20.